The lowest BCUT2D eigenvalue weighted by molar-refractivity contribution is -0.116. The number of halogens is 1. The van der Waals surface area contributed by atoms with Crippen LogP contribution in [0.2, 0.25) is 0 Å². The first kappa shape index (κ1) is 17.4. The number of amides is 1. The zero-order chi connectivity index (χ0) is 15.7. The summed E-state index contributed by atoms with van der Waals surface area (Å²) in [5.74, 6) is -0.763. The van der Waals surface area contributed by atoms with Crippen molar-refractivity contribution in [2.45, 2.75) is 32.8 Å². The number of nitrogens with one attached hydrogen (secondary N) is 1. The lowest BCUT2D eigenvalue weighted by Crippen LogP contribution is -2.14. The summed E-state index contributed by atoms with van der Waals surface area (Å²) in [6.45, 7) is 5.43. The molecule has 1 amide bonds. The minimum atomic E-state index is -0.500. The molecule has 5 nitrogen and oxygen atoms in total. The van der Waals surface area contributed by atoms with Crippen molar-refractivity contribution >= 4 is 17.3 Å². The van der Waals surface area contributed by atoms with Gasteiger partial charge in [-0.2, -0.15) is 0 Å². The minimum Gasteiger partial charge on any atom is -0.399 e. The van der Waals surface area contributed by atoms with E-state index in [0.29, 0.717) is 31.9 Å². The summed E-state index contributed by atoms with van der Waals surface area (Å²) < 4.78 is 24.1. The number of carbonyl (C=O) groups is 1. The van der Waals surface area contributed by atoms with E-state index in [4.69, 9.17) is 15.2 Å². The molecule has 0 aliphatic heterocycles. The first-order chi connectivity index (χ1) is 9.99. The summed E-state index contributed by atoms with van der Waals surface area (Å²) in [5, 5.41) is 2.49. The van der Waals surface area contributed by atoms with E-state index in [-0.39, 0.29) is 24.1 Å². The summed E-state index contributed by atoms with van der Waals surface area (Å²) in [5.41, 5.74) is 6.05. The highest BCUT2D eigenvalue weighted by Crippen LogP contribution is 2.17. The average molecular weight is 298 g/mol. The van der Waals surface area contributed by atoms with Gasteiger partial charge in [0.15, 0.2) is 0 Å². The smallest absolute Gasteiger partial charge is 0.224 e. The molecule has 0 saturated carbocycles. The predicted octanol–water partition coefficient (Wildman–Crippen LogP) is 2.57. The van der Waals surface area contributed by atoms with Crippen molar-refractivity contribution in [3.05, 3.63) is 24.0 Å². The second-order valence-electron chi connectivity index (χ2n) is 4.92. The van der Waals surface area contributed by atoms with Crippen molar-refractivity contribution in [1.29, 1.82) is 0 Å². The van der Waals surface area contributed by atoms with E-state index >= 15 is 0 Å². The fourth-order valence-electron chi connectivity index (χ4n) is 1.63. The van der Waals surface area contributed by atoms with E-state index in [9.17, 15) is 9.18 Å². The van der Waals surface area contributed by atoms with Gasteiger partial charge in [-0.25, -0.2) is 4.39 Å². The molecule has 0 heterocycles. The maximum Gasteiger partial charge on any atom is 0.224 e. The molecule has 21 heavy (non-hydrogen) atoms. The highest BCUT2D eigenvalue weighted by Gasteiger charge is 2.07. The number of nitrogens with two attached hydrogens (primary N) is 1. The molecule has 1 aromatic rings. The molecule has 0 aliphatic carbocycles. The van der Waals surface area contributed by atoms with Crippen LogP contribution in [-0.4, -0.2) is 31.8 Å². The summed E-state index contributed by atoms with van der Waals surface area (Å²) in [7, 11) is 0. The first-order valence-corrected chi connectivity index (χ1v) is 7.03. The van der Waals surface area contributed by atoms with E-state index in [1.54, 1.807) is 0 Å². The largest absolute Gasteiger partial charge is 0.399 e. The van der Waals surface area contributed by atoms with Crippen LogP contribution in [0, 0.1) is 5.82 Å². The molecule has 3 N–H and O–H groups in total. The molecule has 1 rings (SSSR count). The van der Waals surface area contributed by atoms with Crippen LogP contribution in [0.15, 0.2) is 18.2 Å². The van der Waals surface area contributed by atoms with Gasteiger partial charge in [0.05, 0.1) is 25.0 Å². The molecule has 0 spiro atoms. The third kappa shape index (κ3) is 7.63. The third-order valence-electron chi connectivity index (χ3n) is 2.64. The number of anilines is 2. The standard InChI is InChI=1S/C15H23FN2O3/c1-11(2)21-9-8-20-7-3-4-15(19)18-14-10-12(17)5-6-13(14)16/h5-6,10-11H,3-4,7-9,17H2,1-2H3,(H,18,19). The monoisotopic (exact) mass is 298 g/mol. The summed E-state index contributed by atoms with van der Waals surface area (Å²) in [4.78, 5) is 11.7. The predicted molar refractivity (Wildman–Crippen MR) is 80.6 cm³/mol. The second kappa shape index (κ2) is 9.31. The van der Waals surface area contributed by atoms with E-state index < -0.39 is 5.82 Å². The number of rotatable bonds is 9. The maximum atomic E-state index is 13.4. The van der Waals surface area contributed by atoms with Gasteiger partial charge in [0.25, 0.3) is 0 Å². The number of hydrogen-bond donors (Lipinski definition) is 2. The van der Waals surface area contributed by atoms with Crippen molar-refractivity contribution in [1.82, 2.24) is 0 Å². The van der Waals surface area contributed by atoms with Gasteiger partial charge in [0.2, 0.25) is 5.91 Å². The van der Waals surface area contributed by atoms with E-state index in [0.717, 1.165) is 0 Å². The quantitative estimate of drug-likeness (QED) is 0.543. The van der Waals surface area contributed by atoms with Crippen molar-refractivity contribution in [3.63, 3.8) is 0 Å². The molecular weight excluding hydrogens is 275 g/mol. The first-order valence-electron chi connectivity index (χ1n) is 7.03. The molecule has 0 unspecified atom stereocenters. The molecule has 0 aromatic heterocycles. The van der Waals surface area contributed by atoms with E-state index in [2.05, 4.69) is 5.32 Å². The minimum absolute atomic E-state index is 0.103. The fourth-order valence-corrected chi connectivity index (χ4v) is 1.63. The number of benzene rings is 1. The van der Waals surface area contributed by atoms with Crippen LogP contribution in [0.25, 0.3) is 0 Å². The summed E-state index contributed by atoms with van der Waals surface area (Å²) in [6.07, 6.45) is 1.02. The van der Waals surface area contributed by atoms with Gasteiger partial charge >= 0.3 is 0 Å². The molecule has 118 valence electrons. The Morgan fingerprint density at radius 3 is 2.81 bits per heavy atom. The lowest BCUT2D eigenvalue weighted by atomic mass is 10.2. The van der Waals surface area contributed by atoms with Gasteiger partial charge in [0, 0.05) is 18.7 Å². The topological polar surface area (TPSA) is 73.6 Å². The van der Waals surface area contributed by atoms with Crippen LogP contribution in [0.3, 0.4) is 0 Å². The molecule has 0 atom stereocenters. The fraction of sp³-hybridized carbons (Fsp3) is 0.533. The Kier molecular flexibility index (Phi) is 7.71. The van der Waals surface area contributed by atoms with Crippen LogP contribution in [0.4, 0.5) is 15.8 Å². The number of hydrogen-bond acceptors (Lipinski definition) is 4. The molecule has 1 aromatic carbocycles. The van der Waals surface area contributed by atoms with Crippen molar-refractivity contribution < 1.29 is 18.7 Å². The van der Waals surface area contributed by atoms with Crippen LogP contribution in [0.1, 0.15) is 26.7 Å². The van der Waals surface area contributed by atoms with Gasteiger partial charge < -0.3 is 20.5 Å². The SMILES string of the molecule is CC(C)OCCOCCCC(=O)Nc1cc(N)ccc1F. The van der Waals surface area contributed by atoms with Gasteiger partial charge in [-0.1, -0.05) is 0 Å². The normalized spacial score (nSPS) is 10.9. The number of ether oxygens (including phenoxy) is 2. The maximum absolute atomic E-state index is 13.4. The van der Waals surface area contributed by atoms with Crippen molar-refractivity contribution in [2.75, 3.05) is 30.9 Å². The molecule has 0 aliphatic rings. The van der Waals surface area contributed by atoms with Crippen LogP contribution in [-0.2, 0) is 14.3 Å². The zero-order valence-electron chi connectivity index (χ0n) is 12.5. The molecule has 0 fully saturated rings. The van der Waals surface area contributed by atoms with Crippen molar-refractivity contribution in [2.24, 2.45) is 0 Å². The highest BCUT2D eigenvalue weighted by molar-refractivity contribution is 5.91. The van der Waals surface area contributed by atoms with Crippen molar-refractivity contribution in [3.8, 4) is 0 Å². The Balaban J connectivity index is 2.15. The Labute approximate surface area is 124 Å². The Morgan fingerprint density at radius 2 is 2.10 bits per heavy atom. The zero-order valence-corrected chi connectivity index (χ0v) is 12.5. The molecule has 0 bridgehead atoms. The molecule has 0 radical (unpaired) electrons. The number of nitrogen functional groups attached to an aromatic ring is 1. The number of carbonyl (C=O) groups excluding carboxylic acids is 1. The van der Waals surface area contributed by atoms with Crippen LogP contribution < -0.4 is 11.1 Å². The van der Waals surface area contributed by atoms with Crippen LogP contribution in [0.5, 0.6) is 0 Å². The summed E-state index contributed by atoms with van der Waals surface area (Å²) >= 11 is 0. The molecular formula is C15H23FN2O3. The average Bonchev–Trinajstić information content (AvgIpc) is 2.41. The van der Waals surface area contributed by atoms with E-state index in [1.807, 2.05) is 13.8 Å². The van der Waals surface area contributed by atoms with Gasteiger partial charge in [0.1, 0.15) is 5.82 Å². The second-order valence-corrected chi connectivity index (χ2v) is 4.92. The Bertz CT molecular complexity index is 453. The van der Waals surface area contributed by atoms with Gasteiger partial charge in [-0.15, -0.1) is 0 Å². The molecule has 6 heteroatoms. The van der Waals surface area contributed by atoms with Gasteiger partial charge in [-0.05, 0) is 38.5 Å². The Hall–Kier alpha value is -1.66. The van der Waals surface area contributed by atoms with Gasteiger partial charge in [-0.3, -0.25) is 4.79 Å². The third-order valence-corrected chi connectivity index (χ3v) is 2.64. The van der Waals surface area contributed by atoms with Crippen LogP contribution >= 0.6 is 0 Å². The summed E-state index contributed by atoms with van der Waals surface area (Å²) in [6, 6.07) is 4.06. The van der Waals surface area contributed by atoms with E-state index in [1.165, 1.54) is 18.2 Å². The lowest BCUT2D eigenvalue weighted by Gasteiger charge is -2.09. The Morgan fingerprint density at radius 1 is 1.33 bits per heavy atom. The molecule has 0 saturated heterocycles. The highest BCUT2D eigenvalue weighted by atomic mass is 19.1.